The topological polar surface area (TPSA) is 99.3 Å². The number of likely N-dealkylation sites (tertiary alicyclic amines) is 1. The first-order valence-electron chi connectivity index (χ1n) is 8.35. The number of hydrogen-bond donors (Lipinski definition) is 1. The minimum Gasteiger partial charge on any atom is -0.380 e. The van der Waals surface area contributed by atoms with E-state index in [0.717, 1.165) is 24.1 Å². The van der Waals surface area contributed by atoms with Gasteiger partial charge in [-0.25, -0.2) is 0 Å². The van der Waals surface area contributed by atoms with Crippen molar-refractivity contribution in [2.45, 2.75) is 25.9 Å². The van der Waals surface area contributed by atoms with Crippen molar-refractivity contribution in [3.63, 3.8) is 0 Å². The Labute approximate surface area is 151 Å². The Bertz CT molecular complexity index is 871. The lowest BCUT2D eigenvalue weighted by Crippen LogP contribution is -2.23. The van der Waals surface area contributed by atoms with Gasteiger partial charge in [-0.15, -0.1) is 0 Å². The van der Waals surface area contributed by atoms with Crippen molar-refractivity contribution >= 4 is 17.3 Å². The van der Waals surface area contributed by atoms with Crippen LogP contribution >= 0.6 is 0 Å². The lowest BCUT2D eigenvalue weighted by atomic mass is 10.1. The zero-order chi connectivity index (χ0) is 18.5. The number of rotatable bonds is 6. The molecule has 0 saturated carbocycles. The Hall–Kier alpha value is -3.40. The van der Waals surface area contributed by atoms with Crippen LogP contribution in [0, 0.1) is 21.4 Å². The monoisotopic (exact) mass is 350 g/mol. The van der Waals surface area contributed by atoms with Crippen molar-refractivity contribution in [2.75, 3.05) is 11.9 Å². The number of nitrogens with one attached hydrogen (secondary N) is 1. The number of anilines is 1. The Morgan fingerprint density at radius 3 is 2.54 bits per heavy atom. The van der Waals surface area contributed by atoms with Crippen LogP contribution in [0.4, 0.5) is 11.4 Å². The Morgan fingerprint density at radius 1 is 1.19 bits per heavy atom. The number of nitro benzene ring substituents is 1. The molecular weight excluding hydrogens is 332 g/mol. The first kappa shape index (κ1) is 17.4. The molecule has 2 aromatic rings. The lowest BCUT2D eigenvalue weighted by Gasteiger charge is -2.15. The smallest absolute Gasteiger partial charge is 0.270 e. The standard InChI is InChI=1S/C19H18N4O3/c20-11-16-10-17(23(25)26)7-8-18(16)21-12-14-3-5-15(6-4-14)13-22-9-1-2-19(22)24/h3-8,10,21H,1-2,9,12-13H2. The third-order valence-corrected chi connectivity index (χ3v) is 4.39. The van der Waals surface area contributed by atoms with Crippen LogP contribution in [0.1, 0.15) is 29.5 Å². The highest BCUT2D eigenvalue weighted by Crippen LogP contribution is 2.22. The summed E-state index contributed by atoms with van der Waals surface area (Å²) in [5.74, 6) is 0.206. The zero-order valence-electron chi connectivity index (χ0n) is 14.1. The molecular formula is C19H18N4O3. The fraction of sp³-hybridized carbons (Fsp3) is 0.263. The molecule has 26 heavy (non-hydrogen) atoms. The zero-order valence-corrected chi connectivity index (χ0v) is 14.1. The highest BCUT2D eigenvalue weighted by atomic mass is 16.6. The van der Waals surface area contributed by atoms with Gasteiger partial charge in [0, 0.05) is 38.2 Å². The van der Waals surface area contributed by atoms with Crippen molar-refractivity contribution in [3.8, 4) is 6.07 Å². The molecule has 1 aliphatic rings. The van der Waals surface area contributed by atoms with E-state index in [2.05, 4.69) is 5.32 Å². The van der Waals surface area contributed by atoms with Gasteiger partial charge in [-0.3, -0.25) is 14.9 Å². The quantitative estimate of drug-likeness (QED) is 0.637. The largest absolute Gasteiger partial charge is 0.380 e. The predicted molar refractivity (Wildman–Crippen MR) is 96.2 cm³/mol. The van der Waals surface area contributed by atoms with Crippen LogP contribution in [-0.4, -0.2) is 22.3 Å². The number of carbonyl (C=O) groups is 1. The van der Waals surface area contributed by atoms with E-state index < -0.39 is 4.92 Å². The summed E-state index contributed by atoms with van der Waals surface area (Å²) in [7, 11) is 0. The van der Waals surface area contributed by atoms with E-state index in [4.69, 9.17) is 0 Å². The number of amides is 1. The van der Waals surface area contributed by atoms with Crippen LogP contribution in [0.15, 0.2) is 42.5 Å². The molecule has 1 aliphatic heterocycles. The van der Waals surface area contributed by atoms with Gasteiger partial charge in [0.15, 0.2) is 0 Å². The van der Waals surface area contributed by atoms with Gasteiger partial charge >= 0.3 is 0 Å². The van der Waals surface area contributed by atoms with Crippen LogP contribution in [0.3, 0.4) is 0 Å². The van der Waals surface area contributed by atoms with Gasteiger partial charge in [0.25, 0.3) is 5.69 Å². The average molecular weight is 350 g/mol. The summed E-state index contributed by atoms with van der Waals surface area (Å²) in [6.07, 6.45) is 1.57. The SMILES string of the molecule is N#Cc1cc([N+](=O)[O-])ccc1NCc1ccc(CN2CCCC2=O)cc1. The molecule has 1 amide bonds. The Morgan fingerprint density at radius 2 is 1.92 bits per heavy atom. The second-order valence-corrected chi connectivity index (χ2v) is 6.19. The molecule has 132 valence electrons. The van der Waals surface area contributed by atoms with Gasteiger partial charge in [-0.1, -0.05) is 24.3 Å². The molecule has 0 atom stereocenters. The predicted octanol–water partition coefficient (Wildman–Crippen LogP) is 3.20. The van der Waals surface area contributed by atoms with Gasteiger partial charge in [0.05, 0.1) is 16.2 Å². The maximum Gasteiger partial charge on any atom is 0.270 e. The van der Waals surface area contributed by atoms with E-state index in [1.807, 2.05) is 35.2 Å². The molecule has 3 rings (SSSR count). The molecule has 1 N–H and O–H groups in total. The van der Waals surface area contributed by atoms with Crippen LogP contribution in [0.25, 0.3) is 0 Å². The number of non-ortho nitro benzene ring substituents is 1. The Balaban J connectivity index is 1.62. The highest BCUT2D eigenvalue weighted by molar-refractivity contribution is 5.78. The van der Waals surface area contributed by atoms with Crippen molar-refractivity contribution < 1.29 is 9.72 Å². The van der Waals surface area contributed by atoms with Crippen molar-refractivity contribution in [1.82, 2.24) is 4.90 Å². The van der Waals surface area contributed by atoms with E-state index in [-0.39, 0.29) is 17.2 Å². The molecule has 7 nitrogen and oxygen atoms in total. The summed E-state index contributed by atoms with van der Waals surface area (Å²) in [6, 6.07) is 14.1. The molecule has 0 aliphatic carbocycles. The summed E-state index contributed by atoms with van der Waals surface area (Å²) in [5.41, 5.74) is 2.79. The van der Waals surface area contributed by atoms with Gasteiger partial charge < -0.3 is 10.2 Å². The van der Waals surface area contributed by atoms with Gasteiger partial charge in [-0.05, 0) is 23.6 Å². The number of hydrogen-bond acceptors (Lipinski definition) is 5. The molecule has 0 bridgehead atoms. The first-order valence-corrected chi connectivity index (χ1v) is 8.35. The van der Waals surface area contributed by atoms with Crippen molar-refractivity contribution in [2.24, 2.45) is 0 Å². The summed E-state index contributed by atoms with van der Waals surface area (Å²) in [5, 5.41) is 23.1. The molecule has 1 heterocycles. The van der Waals surface area contributed by atoms with Crippen LogP contribution in [-0.2, 0) is 17.9 Å². The molecule has 0 radical (unpaired) electrons. The minimum atomic E-state index is -0.519. The van der Waals surface area contributed by atoms with Crippen LogP contribution in [0.2, 0.25) is 0 Å². The summed E-state index contributed by atoms with van der Waals surface area (Å²) < 4.78 is 0. The Kier molecular flexibility index (Phi) is 5.13. The number of benzene rings is 2. The van der Waals surface area contributed by atoms with Gasteiger partial charge in [0.1, 0.15) is 6.07 Å². The summed E-state index contributed by atoms with van der Waals surface area (Å²) in [4.78, 5) is 23.8. The van der Waals surface area contributed by atoms with Gasteiger partial charge in [-0.2, -0.15) is 5.26 Å². The lowest BCUT2D eigenvalue weighted by molar-refractivity contribution is -0.384. The number of nitro groups is 1. The van der Waals surface area contributed by atoms with E-state index in [1.54, 1.807) is 6.07 Å². The van der Waals surface area contributed by atoms with E-state index in [1.165, 1.54) is 12.1 Å². The first-order chi connectivity index (χ1) is 12.6. The summed E-state index contributed by atoms with van der Waals surface area (Å²) >= 11 is 0. The number of nitrogens with zero attached hydrogens (tertiary/aromatic N) is 3. The normalized spacial score (nSPS) is 13.5. The fourth-order valence-corrected chi connectivity index (χ4v) is 2.94. The molecule has 2 aromatic carbocycles. The third-order valence-electron chi connectivity index (χ3n) is 4.39. The van der Waals surface area contributed by atoms with Crippen LogP contribution < -0.4 is 5.32 Å². The van der Waals surface area contributed by atoms with Crippen molar-refractivity contribution in [3.05, 3.63) is 69.3 Å². The van der Waals surface area contributed by atoms with Crippen LogP contribution in [0.5, 0.6) is 0 Å². The second kappa shape index (κ2) is 7.66. The summed E-state index contributed by atoms with van der Waals surface area (Å²) in [6.45, 7) is 1.95. The molecule has 0 aromatic heterocycles. The molecule has 0 spiro atoms. The minimum absolute atomic E-state index is 0.104. The molecule has 1 saturated heterocycles. The number of nitriles is 1. The molecule has 1 fully saturated rings. The highest BCUT2D eigenvalue weighted by Gasteiger charge is 2.19. The second-order valence-electron chi connectivity index (χ2n) is 6.19. The van der Waals surface area contributed by atoms with Crippen molar-refractivity contribution in [1.29, 1.82) is 5.26 Å². The average Bonchev–Trinajstić information content (AvgIpc) is 3.05. The van der Waals surface area contributed by atoms with E-state index >= 15 is 0 Å². The fourth-order valence-electron chi connectivity index (χ4n) is 2.94. The molecule has 7 heteroatoms. The maximum absolute atomic E-state index is 11.7. The van der Waals surface area contributed by atoms with E-state index in [9.17, 15) is 20.2 Å². The van der Waals surface area contributed by atoms with E-state index in [0.29, 0.717) is 25.2 Å². The van der Waals surface area contributed by atoms with Gasteiger partial charge in [0.2, 0.25) is 5.91 Å². The maximum atomic E-state index is 11.7. The molecule has 0 unspecified atom stereocenters. The number of carbonyl (C=O) groups excluding carboxylic acids is 1. The third kappa shape index (κ3) is 3.98.